The molecule has 136 valence electrons. The quantitative estimate of drug-likeness (QED) is 0.820. The van der Waals surface area contributed by atoms with Crippen LogP contribution in [0.2, 0.25) is 0 Å². The molecule has 7 nitrogen and oxygen atoms in total. The number of carbonyl (C=O) groups excluding carboxylic acids is 2. The van der Waals surface area contributed by atoms with Crippen LogP contribution < -0.4 is 20.5 Å². The zero-order valence-electron chi connectivity index (χ0n) is 14.5. The van der Waals surface area contributed by atoms with Crippen LogP contribution >= 0.6 is 0 Å². The molecule has 2 heterocycles. The van der Waals surface area contributed by atoms with E-state index in [1.54, 1.807) is 24.4 Å². The number of hydrogen-bond donors (Lipinski definition) is 2. The molecule has 1 saturated heterocycles. The van der Waals surface area contributed by atoms with Gasteiger partial charge in [0.05, 0.1) is 18.7 Å². The Labute approximate surface area is 150 Å². The third-order valence-electron chi connectivity index (χ3n) is 5.22. The first-order valence-electron chi connectivity index (χ1n) is 8.75. The van der Waals surface area contributed by atoms with E-state index in [0.29, 0.717) is 42.1 Å². The summed E-state index contributed by atoms with van der Waals surface area (Å²) in [5.74, 6) is 1.34. The van der Waals surface area contributed by atoms with Gasteiger partial charge < -0.3 is 20.5 Å². The van der Waals surface area contributed by atoms with Gasteiger partial charge in [-0.05, 0) is 48.3 Å². The van der Waals surface area contributed by atoms with Gasteiger partial charge in [-0.3, -0.25) is 9.59 Å². The maximum absolute atomic E-state index is 11.8. The maximum Gasteiger partial charge on any atom is 0.252 e. The minimum atomic E-state index is -0.552. The second-order valence-electron chi connectivity index (χ2n) is 6.94. The fourth-order valence-corrected chi connectivity index (χ4v) is 3.73. The Kier molecular flexibility index (Phi) is 4.14. The van der Waals surface area contributed by atoms with E-state index in [2.05, 4.69) is 10.3 Å². The van der Waals surface area contributed by atoms with Crippen LogP contribution in [-0.2, 0) is 4.79 Å². The first-order chi connectivity index (χ1) is 12.6. The molecule has 2 fully saturated rings. The number of amides is 2. The molecule has 1 aromatic carbocycles. The molecule has 2 atom stereocenters. The topological polar surface area (TPSA) is 104 Å². The van der Waals surface area contributed by atoms with Gasteiger partial charge in [-0.15, -0.1) is 0 Å². The predicted octanol–water partition coefficient (Wildman–Crippen LogP) is 1.64. The van der Waals surface area contributed by atoms with Crippen molar-refractivity contribution in [2.75, 3.05) is 13.7 Å². The minimum Gasteiger partial charge on any atom is -0.496 e. The van der Waals surface area contributed by atoms with E-state index in [0.717, 1.165) is 10.8 Å². The summed E-state index contributed by atoms with van der Waals surface area (Å²) in [5.41, 5.74) is 5.73. The van der Waals surface area contributed by atoms with E-state index in [1.807, 2.05) is 0 Å². The summed E-state index contributed by atoms with van der Waals surface area (Å²) in [5, 5.41) is 4.54. The Balaban J connectivity index is 1.60. The van der Waals surface area contributed by atoms with Crippen LogP contribution in [0.15, 0.2) is 24.4 Å². The van der Waals surface area contributed by atoms with Gasteiger partial charge in [-0.25, -0.2) is 4.98 Å². The van der Waals surface area contributed by atoms with Crippen molar-refractivity contribution in [1.29, 1.82) is 0 Å². The van der Waals surface area contributed by atoms with Crippen LogP contribution in [0.4, 0.5) is 0 Å². The molecule has 1 unspecified atom stereocenters. The molecule has 4 rings (SSSR count). The number of rotatable bonds is 6. The van der Waals surface area contributed by atoms with Crippen LogP contribution in [0.25, 0.3) is 10.8 Å². The van der Waals surface area contributed by atoms with Gasteiger partial charge in [-0.1, -0.05) is 0 Å². The van der Waals surface area contributed by atoms with Crippen LogP contribution in [0.3, 0.4) is 0 Å². The number of nitrogens with zero attached hydrogens (tertiary/aromatic N) is 1. The van der Waals surface area contributed by atoms with E-state index in [1.165, 1.54) is 20.0 Å². The highest BCUT2D eigenvalue weighted by Crippen LogP contribution is 2.42. The lowest BCUT2D eigenvalue weighted by molar-refractivity contribution is -0.119. The molecule has 1 aromatic heterocycles. The molecular weight excluding hydrogens is 334 g/mol. The smallest absolute Gasteiger partial charge is 0.252 e. The number of nitrogens with one attached hydrogen (secondary N) is 1. The summed E-state index contributed by atoms with van der Waals surface area (Å²) in [6.07, 6.45) is 4.59. The van der Waals surface area contributed by atoms with Crippen molar-refractivity contribution in [1.82, 2.24) is 10.3 Å². The third kappa shape index (κ3) is 3.05. The third-order valence-corrected chi connectivity index (χ3v) is 5.22. The zero-order chi connectivity index (χ0) is 18.3. The van der Waals surface area contributed by atoms with E-state index in [9.17, 15) is 9.59 Å². The van der Waals surface area contributed by atoms with Crippen molar-refractivity contribution in [3.05, 3.63) is 30.0 Å². The summed E-state index contributed by atoms with van der Waals surface area (Å²) >= 11 is 0. The number of ether oxygens (including phenoxy) is 2. The standard InChI is InChI=1S/C19H21N3O4/c1-25-16-7-13-11(6-14(16)18(20)24)4-5-21-19(13)26-9-15-12(10-2-3-10)8-17(23)22-15/h4-7,10,12,15H,2-3,8-9H2,1H3,(H2,20,24)(H,22,23)/t12?,15-/m1/s1. The molecule has 26 heavy (non-hydrogen) atoms. The molecule has 1 aliphatic carbocycles. The first kappa shape index (κ1) is 16.6. The van der Waals surface area contributed by atoms with Crippen molar-refractivity contribution in [3.63, 3.8) is 0 Å². The van der Waals surface area contributed by atoms with E-state index < -0.39 is 5.91 Å². The van der Waals surface area contributed by atoms with Gasteiger partial charge in [-0.2, -0.15) is 0 Å². The van der Waals surface area contributed by atoms with Gasteiger partial charge in [0.15, 0.2) is 0 Å². The number of carbonyl (C=O) groups is 2. The highest BCUT2D eigenvalue weighted by Gasteiger charge is 2.42. The summed E-state index contributed by atoms with van der Waals surface area (Å²) in [6.45, 7) is 0.374. The second kappa shape index (κ2) is 6.48. The van der Waals surface area contributed by atoms with Crippen LogP contribution in [-0.4, -0.2) is 36.6 Å². The highest BCUT2D eigenvalue weighted by atomic mass is 16.5. The molecule has 3 N–H and O–H groups in total. The zero-order valence-corrected chi connectivity index (χ0v) is 14.5. The SMILES string of the molecule is COc1cc2c(OC[C@H]3NC(=O)CC3C3CC3)nccc2cc1C(N)=O. The molecule has 1 aliphatic heterocycles. The first-order valence-corrected chi connectivity index (χ1v) is 8.75. The summed E-state index contributed by atoms with van der Waals surface area (Å²) in [4.78, 5) is 27.7. The average molecular weight is 355 g/mol. The maximum atomic E-state index is 11.8. The number of methoxy groups -OCH3 is 1. The predicted molar refractivity (Wildman–Crippen MR) is 95.1 cm³/mol. The molecule has 0 bridgehead atoms. The lowest BCUT2D eigenvalue weighted by Crippen LogP contribution is -2.35. The molecule has 0 radical (unpaired) electrons. The molecule has 2 aliphatic rings. The van der Waals surface area contributed by atoms with Crippen molar-refractivity contribution in [2.45, 2.75) is 25.3 Å². The van der Waals surface area contributed by atoms with Crippen molar-refractivity contribution in [3.8, 4) is 11.6 Å². The normalized spacial score (nSPS) is 22.3. The largest absolute Gasteiger partial charge is 0.496 e. The average Bonchev–Trinajstić information content (AvgIpc) is 3.41. The van der Waals surface area contributed by atoms with Crippen molar-refractivity contribution in [2.24, 2.45) is 17.6 Å². The fraction of sp³-hybridized carbons (Fsp3) is 0.421. The number of hydrogen-bond acceptors (Lipinski definition) is 5. The monoisotopic (exact) mass is 355 g/mol. The van der Waals surface area contributed by atoms with Crippen LogP contribution in [0.1, 0.15) is 29.6 Å². The number of nitrogens with two attached hydrogens (primary N) is 1. The van der Waals surface area contributed by atoms with Gasteiger partial charge >= 0.3 is 0 Å². The van der Waals surface area contributed by atoms with Gasteiger partial charge in [0.25, 0.3) is 5.91 Å². The lowest BCUT2D eigenvalue weighted by atomic mass is 9.96. The van der Waals surface area contributed by atoms with Crippen molar-refractivity contribution >= 4 is 22.6 Å². The number of pyridine rings is 1. The number of primary amides is 1. The molecular formula is C19H21N3O4. The van der Waals surface area contributed by atoms with E-state index in [-0.39, 0.29) is 11.9 Å². The minimum absolute atomic E-state index is 0.0128. The Morgan fingerprint density at radius 2 is 2.19 bits per heavy atom. The van der Waals surface area contributed by atoms with Crippen LogP contribution in [0, 0.1) is 11.8 Å². The van der Waals surface area contributed by atoms with E-state index in [4.69, 9.17) is 15.2 Å². The summed E-state index contributed by atoms with van der Waals surface area (Å²) < 4.78 is 11.2. The fourth-order valence-electron chi connectivity index (χ4n) is 3.73. The number of benzene rings is 1. The highest BCUT2D eigenvalue weighted by molar-refractivity contribution is 6.01. The van der Waals surface area contributed by atoms with Gasteiger partial charge in [0, 0.05) is 18.0 Å². The lowest BCUT2D eigenvalue weighted by Gasteiger charge is -2.19. The Bertz CT molecular complexity index is 878. The Morgan fingerprint density at radius 1 is 1.38 bits per heavy atom. The molecule has 7 heteroatoms. The Morgan fingerprint density at radius 3 is 2.88 bits per heavy atom. The van der Waals surface area contributed by atoms with Gasteiger partial charge in [0.1, 0.15) is 12.4 Å². The molecule has 0 spiro atoms. The molecule has 2 aromatic rings. The molecule has 1 saturated carbocycles. The summed E-state index contributed by atoms with van der Waals surface area (Å²) in [6, 6.07) is 5.19. The number of aromatic nitrogens is 1. The van der Waals surface area contributed by atoms with Gasteiger partial charge in [0.2, 0.25) is 11.8 Å². The number of fused-ring (bicyclic) bond motifs is 1. The van der Waals surface area contributed by atoms with Crippen LogP contribution in [0.5, 0.6) is 11.6 Å². The van der Waals surface area contributed by atoms with E-state index >= 15 is 0 Å². The Hall–Kier alpha value is -2.83. The second-order valence-corrected chi connectivity index (χ2v) is 6.94. The summed E-state index contributed by atoms with van der Waals surface area (Å²) in [7, 11) is 1.48. The van der Waals surface area contributed by atoms with Crippen molar-refractivity contribution < 1.29 is 19.1 Å². The molecule has 2 amide bonds.